The maximum absolute atomic E-state index is 10.9. The van der Waals surface area contributed by atoms with Crippen LogP contribution in [-0.4, -0.2) is 11.5 Å². The van der Waals surface area contributed by atoms with Crippen LogP contribution in [0, 0.1) is 28.4 Å². The standard InChI is InChI=1S/C13H18N2O2/c1-8-4-5-9(6-11(8)15(16)17)12-10(7-14)13(12,2)3/h4-6,10,12H,7,14H2,1-3H3/t10-,12-/m0/s1. The Bertz CT molecular complexity index is 468. The minimum atomic E-state index is -0.314. The van der Waals surface area contributed by atoms with Crippen molar-refractivity contribution in [1.82, 2.24) is 0 Å². The van der Waals surface area contributed by atoms with E-state index in [1.54, 1.807) is 13.0 Å². The van der Waals surface area contributed by atoms with Crippen molar-refractivity contribution in [3.8, 4) is 0 Å². The third kappa shape index (κ3) is 1.82. The molecule has 0 heterocycles. The first-order valence-corrected chi connectivity index (χ1v) is 5.84. The van der Waals surface area contributed by atoms with Crippen molar-refractivity contribution >= 4 is 5.69 Å². The van der Waals surface area contributed by atoms with Gasteiger partial charge in [0.2, 0.25) is 0 Å². The fraction of sp³-hybridized carbons (Fsp3) is 0.538. The van der Waals surface area contributed by atoms with E-state index in [4.69, 9.17) is 5.73 Å². The number of nitrogens with two attached hydrogens (primary N) is 1. The highest BCUT2D eigenvalue weighted by Gasteiger charge is 2.57. The van der Waals surface area contributed by atoms with Gasteiger partial charge in [0.1, 0.15) is 0 Å². The Kier molecular flexibility index (Phi) is 2.70. The van der Waals surface area contributed by atoms with E-state index in [2.05, 4.69) is 13.8 Å². The number of aryl methyl sites for hydroxylation is 1. The second-order valence-corrected chi connectivity index (χ2v) is 5.44. The highest BCUT2D eigenvalue weighted by Crippen LogP contribution is 2.64. The first-order valence-electron chi connectivity index (χ1n) is 5.84. The molecule has 0 unspecified atom stereocenters. The third-order valence-electron chi connectivity index (χ3n) is 4.09. The molecule has 4 heteroatoms. The Morgan fingerprint density at radius 3 is 2.59 bits per heavy atom. The summed E-state index contributed by atoms with van der Waals surface area (Å²) in [5.74, 6) is 0.789. The van der Waals surface area contributed by atoms with E-state index in [0.29, 0.717) is 23.9 Å². The summed E-state index contributed by atoms with van der Waals surface area (Å²) in [6, 6.07) is 5.53. The number of nitro benzene ring substituents is 1. The fourth-order valence-corrected chi connectivity index (χ4v) is 2.86. The Balaban J connectivity index is 2.36. The lowest BCUT2D eigenvalue weighted by Gasteiger charge is -2.04. The van der Waals surface area contributed by atoms with Crippen LogP contribution in [0.25, 0.3) is 0 Å². The fourth-order valence-electron chi connectivity index (χ4n) is 2.86. The van der Waals surface area contributed by atoms with Crippen molar-refractivity contribution in [3.63, 3.8) is 0 Å². The van der Waals surface area contributed by atoms with Crippen LogP contribution in [0.5, 0.6) is 0 Å². The van der Waals surface area contributed by atoms with Gasteiger partial charge in [0, 0.05) is 11.6 Å². The zero-order valence-corrected chi connectivity index (χ0v) is 10.4. The monoisotopic (exact) mass is 234 g/mol. The van der Waals surface area contributed by atoms with Crippen molar-refractivity contribution in [1.29, 1.82) is 0 Å². The molecule has 17 heavy (non-hydrogen) atoms. The van der Waals surface area contributed by atoms with Gasteiger partial charge in [0.25, 0.3) is 5.69 Å². The van der Waals surface area contributed by atoms with Crippen LogP contribution in [0.4, 0.5) is 5.69 Å². The molecule has 0 bridgehead atoms. The van der Waals surface area contributed by atoms with Gasteiger partial charge in [-0.15, -0.1) is 0 Å². The molecule has 92 valence electrons. The molecule has 0 spiro atoms. The summed E-state index contributed by atoms with van der Waals surface area (Å²) in [7, 11) is 0. The summed E-state index contributed by atoms with van der Waals surface area (Å²) in [5.41, 5.74) is 7.86. The maximum Gasteiger partial charge on any atom is 0.272 e. The molecule has 2 rings (SSSR count). The predicted molar refractivity (Wildman–Crippen MR) is 66.9 cm³/mol. The van der Waals surface area contributed by atoms with Gasteiger partial charge in [-0.1, -0.05) is 26.0 Å². The average Bonchev–Trinajstić information content (AvgIpc) is 2.81. The lowest BCUT2D eigenvalue weighted by Crippen LogP contribution is -2.05. The first-order chi connectivity index (χ1) is 7.89. The number of rotatable bonds is 3. The van der Waals surface area contributed by atoms with E-state index in [0.717, 1.165) is 5.56 Å². The lowest BCUT2D eigenvalue weighted by molar-refractivity contribution is -0.385. The first kappa shape index (κ1) is 12.0. The van der Waals surface area contributed by atoms with Crippen molar-refractivity contribution in [2.45, 2.75) is 26.7 Å². The molecule has 2 atom stereocenters. The van der Waals surface area contributed by atoms with Gasteiger partial charge in [-0.2, -0.15) is 0 Å². The van der Waals surface area contributed by atoms with Crippen LogP contribution >= 0.6 is 0 Å². The van der Waals surface area contributed by atoms with Crippen LogP contribution in [0.1, 0.15) is 30.9 Å². The van der Waals surface area contributed by atoms with Crippen LogP contribution in [0.15, 0.2) is 18.2 Å². The number of nitrogens with zero attached hydrogens (tertiary/aromatic N) is 1. The van der Waals surface area contributed by atoms with E-state index in [-0.39, 0.29) is 16.0 Å². The van der Waals surface area contributed by atoms with Gasteiger partial charge in [-0.05, 0) is 36.3 Å². The molecule has 0 saturated heterocycles. The van der Waals surface area contributed by atoms with Crippen molar-refractivity contribution in [2.24, 2.45) is 17.1 Å². The number of benzene rings is 1. The molecule has 1 fully saturated rings. The molecule has 4 nitrogen and oxygen atoms in total. The summed E-state index contributed by atoms with van der Waals surface area (Å²) in [5, 5.41) is 10.9. The summed E-state index contributed by atoms with van der Waals surface area (Å²) < 4.78 is 0. The molecule has 0 aromatic heterocycles. The molecule has 1 aliphatic rings. The molecule has 0 amide bonds. The highest BCUT2D eigenvalue weighted by molar-refractivity contribution is 5.46. The van der Waals surface area contributed by atoms with Crippen molar-refractivity contribution < 1.29 is 4.92 Å². The van der Waals surface area contributed by atoms with Gasteiger partial charge >= 0.3 is 0 Å². The normalized spacial score (nSPS) is 25.6. The molecule has 1 aliphatic carbocycles. The molecule has 1 saturated carbocycles. The topological polar surface area (TPSA) is 69.2 Å². The largest absolute Gasteiger partial charge is 0.330 e. The molecule has 2 N–H and O–H groups in total. The van der Waals surface area contributed by atoms with Crippen LogP contribution in [-0.2, 0) is 0 Å². The van der Waals surface area contributed by atoms with E-state index in [9.17, 15) is 10.1 Å². The summed E-state index contributed by atoms with van der Waals surface area (Å²) >= 11 is 0. The molecule has 0 aliphatic heterocycles. The zero-order chi connectivity index (χ0) is 12.8. The average molecular weight is 234 g/mol. The van der Waals surface area contributed by atoms with E-state index in [1.807, 2.05) is 12.1 Å². The zero-order valence-electron chi connectivity index (χ0n) is 10.4. The highest BCUT2D eigenvalue weighted by atomic mass is 16.6. The van der Waals surface area contributed by atoms with Crippen LogP contribution in [0.2, 0.25) is 0 Å². The SMILES string of the molecule is Cc1ccc([C@H]2[C@H](CN)C2(C)C)cc1[N+](=O)[O-]. The van der Waals surface area contributed by atoms with Gasteiger partial charge < -0.3 is 5.73 Å². The van der Waals surface area contributed by atoms with Gasteiger partial charge in [0.05, 0.1) is 4.92 Å². The van der Waals surface area contributed by atoms with E-state index in [1.165, 1.54) is 0 Å². The van der Waals surface area contributed by atoms with E-state index < -0.39 is 0 Å². The van der Waals surface area contributed by atoms with Gasteiger partial charge in [0.15, 0.2) is 0 Å². The van der Waals surface area contributed by atoms with Crippen molar-refractivity contribution in [3.05, 3.63) is 39.4 Å². The number of nitro groups is 1. The summed E-state index contributed by atoms with van der Waals surface area (Å²) in [4.78, 5) is 10.6. The minimum absolute atomic E-state index is 0.165. The second kappa shape index (κ2) is 3.81. The van der Waals surface area contributed by atoms with Gasteiger partial charge in [-0.25, -0.2) is 0 Å². The maximum atomic E-state index is 10.9. The van der Waals surface area contributed by atoms with E-state index >= 15 is 0 Å². The molecular weight excluding hydrogens is 216 g/mol. The predicted octanol–water partition coefficient (Wildman–Crippen LogP) is 2.60. The summed E-state index contributed by atoms with van der Waals surface area (Å²) in [6.07, 6.45) is 0. The Hall–Kier alpha value is -1.42. The van der Waals surface area contributed by atoms with Crippen LogP contribution in [0.3, 0.4) is 0 Å². The third-order valence-corrected chi connectivity index (χ3v) is 4.09. The second-order valence-electron chi connectivity index (χ2n) is 5.44. The summed E-state index contributed by atoms with van der Waals surface area (Å²) in [6.45, 7) is 6.74. The van der Waals surface area contributed by atoms with Crippen LogP contribution < -0.4 is 5.73 Å². The lowest BCUT2D eigenvalue weighted by atomic mass is 10.0. The Labute approximate surface area is 101 Å². The molecule has 0 radical (unpaired) electrons. The Morgan fingerprint density at radius 1 is 1.47 bits per heavy atom. The van der Waals surface area contributed by atoms with Crippen molar-refractivity contribution in [2.75, 3.05) is 6.54 Å². The Morgan fingerprint density at radius 2 is 2.12 bits per heavy atom. The molecule has 1 aromatic rings. The molecular formula is C13H18N2O2. The van der Waals surface area contributed by atoms with Gasteiger partial charge in [-0.3, -0.25) is 10.1 Å². The number of hydrogen-bond acceptors (Lipinski definition) is 3. The minimum Gasteiger partial charge on any atom is -0.330 e. The smallest absolute Gasteiger partial charge is 0.272 e. The molecule has 1 aromatic carbocycles. The quantitative estimate of drug-likeness (QED) is 0.645. The number of hydrogen-bond donors (Lipinski definition) is 1.